The molecule has 1 aliphatic rings. The van der Waals surface area contributed by atoms with Gasteiger partial charge < -0.3 is 19.2 Å². The number of fused-ring (bicyclic) bond motifs is 1. The van der Waals surface area contributed by atoms with Crippen molar-refractivity contribution >= 4 is 16.8 Å². The molecule has 1 aromatic carbocycles. The predicted octanol–water partition coefficient (Wildman–Crippen LogP) is 3.66. The number of hydrogen-bond donors (Lipinski definition) is 1. The van der Waals surface area contributed by atoms with E-state index in [0.29, 0.717) is 53.4 Å². The van der Waals surface area contributed by atoms with E-state index in [0.717, 1.165) is 35.9 Å². The molecule has 0 aliphatic carbocycles. The zero-order chi connectivity index (χ0) is 26.3. The molecule has 0 unspecified atom stereocenters. The molecule has 1 N–H and O–H groups in total. The molecule has 194 valence electrons. The number of benzene rings is 1. The highest BCUT2D eigenvalue weighted by molar-refractivity contribution is 6.04. The molecule has 1 aliphatic heterocycles. The first kappa shape index (κ1) is 24.9. The Morgan fingerprint density at radius 1 is 1.24 bits per heavy atom. The van der Waals surface area contributed by atoms with Gasteiger partial charge in [-0.2, -0.15) is 5.10 Å². The Labute approximate surface area is 215 Å². The van der Waals surface area contributed by atoms with Crippen molar-refractivity contribution in [1.82, 2.24) is 29.6 Å². The van der Waals surface area contributed by atoms with Crippen molar-refractivity contribution in [2.24, 2.45) is 13.0 Å². The fourth-order valence-corrected chi connectivity index (χ4v) is 4.90. The summed E-state index contributed by atoms with van der Waals surface area (Å²) in [6.07, 6.45) is 6.00. The first-order chi connectivity index (χ1) is 17.6. The van der Waals surface area contributed by atoms with Gasteiger partial charge in [-0.25, -0.2) is 15.0 Å². The SMILES string of the molecule is COc1cc2c(cc1C(=O)N1CCC(Cc3coc(C)n3)CC1)c(-c1ccnc(C(C)(C)O)n1)nn2C. The third-order valence-electron chi connectivity index (χ3n) is 6.91. The number of piperidine rings is 1. The second-order valence-corrected chi connectivity index (χ2v) is 10.2. The van der Waals surface area contributed by atoms with E-state index in [1.54, 1.807) is 44.2 Å². The summed E-state index contributed by atoms with van der Waals surface area (Å²) in [4.78, 5) is 28.7. The summed E-state index contributed by atoms with van der Waals surface area (Å²) in [5, 5.41) is 15.8. The first-order valence-electron chi connectivity index (χ1n) is 12.5. The van der Waals surface area contributed by atoms with Gasteiger partial charge >= 0.3 is 0 Å². The Balaban J connectivity index is 1.43. The van der Waals surface area contributed by atoms with Crippen LogP contribution >= 0.6 is 0 Å². The number of methoxy groups -OCH3 is 1. The summed E-state index contributed by atoms with van der Waals surface area (Å²) >= 11 is 0. The van der Waals surface area contributed by atoms with E-state index in [4.69, 9.17) is 9.15 Å². The molecule has 0 radical (unpaired) electrons. The molecule has 4 aromatic rings. The lowest BCUT2D eigenvalue weighted by molar-refractivity contribution is 0.0681. The van der Waals surface area contributed by atoms with Crippen molar-refractivity contribution in [3.8, 4) is 17.1 Å². The molecular formula is C27H32N6O4. The maximum absolute atomic E-state index is 13.7. The number of hydrogen-bond acceptors (Lipinski definition) is 8. The van der Waals surface area contributed by atoms with Gasteiger partial charge in [0.1, 0.15) is 23.3 Å². The molecule has 5 rings (SSSR count). The lowest BCUT2D eigenvalue weighted by Gasteiger charge is -2.32. The number of aryl methyl sites for hydroxylation is 2. The van der Waals surface area contributed by atoms with Gasteiger partial charge in [-0.05, 0) is 51.2 Å². The van der Waals surface area contributed by atoms with Gasteiger partial charge in [-0.3, -0.25) is 9.48 Å². The van der Waals surface area contributed by atoms with Crippen LogP contribution in [0.15, 0.2) is 35.1 Å². The van der Waals surface area contributed by atoms with Gasteiger partial charge in [0.15, 0.2) is 11.7 Å². The minimum absolute atomic E-state index is 0.0656. The molecular weight excluding hydrogens is 472 g/mol. The second-order valence-electron chi connectivity index (χ2n) is 10.2. The highest BCUT2D eigenvalue weighted by atomic mass is 16.5. The summed E-state index contributed by atoms with van der Waals surface area (Å²) in [5.41, 5.74) is 2.27. The molecule has 0 spiro atoms. The maximum atomic E-state index is 13.7. The Morgan fingerprint density at radius 3 is 2.65 bits per heavy atom. The second kappa shape index (κ2) is 9.59. The van der Waals surface area contributed by atoms with E-state index in [1.165, 1.54) is 0 Å². The van der Waals surface area contributed by atoms with E-state index in [-0.39, 0.29) is 5.91 Å². The van der Waals surface area contributed by atoms with Gasteiger partial charge in [0.05, 0.1) is 29.6 Å². The van der Waals surface area contributed by atoms with Gasteiger partial charge in [0, 0.05) is 44.7 Å². The van der Waals surface area contributed by atoms with Crippen molar-refractivity contribution in [3.63, 3.8) is 0 Å². The zero-order valence-electron chi connectivity index (χ0n) is 21.9. The molecule has 0 atom stereocenters. The molecule has 0 saturated carbocycles. The highest BCUT2D eigenvalue weighted by Crippen LogP contribution is 2.34. The van der Waals surface area contributed by atoms with Crippen LogP contribution < -0.4 is 4.74 Å². The summed E-state index contributed by atoms with van der Waals surface area (Å²) < 4.78 is 12.7. The van der Waals surface area contributed by atoms with Gasteiger partial charge in [0.25, 0.3) is 5.91 Å². The van der Waals surface area contributed by atoms with Crippen molar-refractivity contribution in [2.45, 2.75) is 45.6 Å². The molecule has 37 heavy (non-hydrogen) atoms. The summed E-state index contributed by atoms with van der Waals surface area (Å²) in [6, 6.07) is 5.44. The van der Waals surface area contributed by atoms with Crippen molar-refractivity contribution in [2.75, 3.05) is 20.2 Å². The highest BCUT2D eigenvalue weighted by Gasteiger charge is 2.28. The quantitative estimate of drug-likeness (QED) is 0.423. The van der Waals surface area contributed by atoms with E-state index < -0.39 is 5.60 Å². The average molecular weight is 505 g/mol. The van der Waals surface area contributed by atoms with Crippen LogP contribution in [0.4, 0.5) is 0 Å². The lowest BCUT2D eigenvalue weighted by Crippen LogP contribution is -2.39. The van der Waals surface area contributed by atoms with E-state index in [1.807, 2.05) is 31.0 Å². The van der Waals surface area contributed by atoms with Crippen LogP contribution in [-0.2, 0) is 19.1 Å². The smallest absolute Gasteiger partial charge is 0.257 e. The van der Waals surface area contributed by atoms with Crippen LogP contribution in [0.3, 0.4) is 0 Å². The monoisotopic (exact) mass is 504 g/mol. The van der Waals surface area contributed by atoms with E-state index in [2.05, 4.69) is 20.1 Å². The lowest BCUT2D eigenvalue weighted by atomic mass is 9.92. The molecule has 3 aromatic heterocycles. The van der Waals surface area contributed by atoms with Crippen LogP contribution in [0.2, 0.25) is 0 Å². The van der Waals surface area contributed by atoms with Gasteiger partial charge in [-0.15, -0.1) is 0 Å². The summed E-state index contributed by atoms with van der Waals surface area (Å²) in [5.74, 6) is 1.89. The normalized spacial score (nSPS) is 14.9. The Kier molecular flexibility index (Phi) is 6.45. The van der Waals surface area contributed by atoms with Crippen LogP contribution in [0.5, 0.6) is 5.75 Å². The minimum Gasteiger partial charge on any atom is -0.496 e. The standard InChI is InChI=1S/C27H32N6O4/c1-16-29-18(15-37-16)12-17-7-10-33(11-8-17)25(34)20-13-19-22(14-23(20)36-5)32(4)31-24(19)21-6-9-28-26(30-21)27(2,3)35/h6,9,13-15,17,35H,7-8,10-12H2,1-5H3. The number of nitrogens with zero attached hydrogens (tertiary/aromatic N) is 6. The third kappa shape index (κ3) is 4.93. The summed E-state index contributed by atoms with van der Waals surface area (Å²) in [6.45, 7) is 6.46. The number of carbonyl (C=O) groups excluding carboxylic acids is 1. The molecule has 1 amide bonds. The van der Waals surface area contributed by atoms with E-state index >= 15 is 0 Å². The molecule has 10 heteroatoms. The molecule has 1 saturated heterocycles. The summed E-state index contributed by atoms with van der Waals surface area (Å²) in [7, 11) is 3.41. The van der Waals surface area contributed by atoms with Crippen LogP contribution in [0, 0.1) is 12.8 Å². The number of oxazole rings is 1. The molecule has 0 bridgehead atoms. The number of ether oxygens (including phenoxy) is 1. The number of aliphatic hydroxyl groups is 1. The van der Waals surface area contributed by atoms with Crippen molar-refractivity contribution < 1.29 is 19.1 Å². The topological polar surface area (TPSA) is 119 Å². The Bertz CT molecular complexity index is 1440. The van der Waals surface area contributed by atoms with Crippen LogP contribution in [0.25, 0.3) is 22.3 Å². The fraction of sp³-hybridized carbons (Fsp3) is 0.444. The van der Waals surface area contributed by atoms with Crippen molar-refractivity contribution in [1.29, 1.82) is 0 Å². The fourth-order valence-electron chi connectivity index (χ4n) is 4.90. The number of rotatable bonds is 6. The minimum atomic E-state index is -1.19. The van der Waals surface area contributed by atoms with Crippen LogP contribution in [-0.4, -0.2) is 60.8 Å². The number of carbonyl (C=O) groups is 1. The number of likely N-dealkylation sites (tertiary alicyclic amines) is 1. The maximum Gasteiger partial charge on any atom is 0.257 e. The largest absolute Gasteiger partial charge is 0.496 e. The number of aromatic nitrogens is 5. The first-order valence-corrected chi connectivity index (χ1v) is 12.5. The zero-order valence-corrected chi connectivity index (χ0v) is 21.9. The van der Waals surface area contributed by atoms with Crippen LogP contribution in [0.1, 0.15) is 54.5 Å². The Morgan fingerprint density at radius 2 is 2.00 bits per heavy atom. The number of amides is 1. The molecule has 10 nitrogen and oxygen atoms in total. The average Bonchev–Trinajstić information content (AvgIpc) is 3.44. The van der Waals surface area contributed by atoms with E-state index in [9.17, 15) is 9.90 Å². The molecule has 1 fully saturated rings. The molecule has 4 heterocycles. The van der Waals surface area contributed by atoms with Crippen molar-refractivity contribution in [3.05, 3.63) is 53.6 Å². The third-order valence-corrected chi connectivity index (χ3v) is 6.91. The van der Waals surface area contributed by atoms with Gasteiger partial charge in [0.2, 0.25) is 0 Å². The van der Waals surface area contributed by atoms with Gasteiger partial charge in [-0.1, -0.05) is 0 Å². The Hall–Kier alpha value is -3.79. The predicted molar refractivity (Wildman–Crippen MR) is 137 cm³/mol.